The van der Waals surface area contributed by atoms with Crippen molar-refractivity contribution in [2.75, 3.05) is 19.6 Å². The minimum Gasteiger partial charge on any atom is -0.465 e. The molecule has 0 aromatic carbocycles. The summed E-state index contributed by atoms with van der Waals surface area (Å²) in [5.74, 6) is 2.13. The molecule has 0 radical (unpaired) electrons. The lowest BCUT2D eigenvalue weighted by Gasteiger charge is -2.20. The summed E-state index contributed by atoms with van der Waals surface area (Å²) >= 11 is 0. The third-order valence-electron chi connectivity index (χ3n) is 3.42. The maximum atomic E-state index is 5.68. The first-order chi connectivity index (χ1) is 8.28. The van der Waals surface area contributed by atoms with Crippen LogP contribution in [0.1, 0.15) is 38.2 Å². The zero-order valence-electron chi connectivity index (χ0n) is 11.0. The van der Waals surface area contributed by atoms with Gasteiger partial charge in [0, 0.05) is 19.0 Å². The highest BCUT2D eigenvalue weighted by Crippen LogP contribution is 2.10. The van der Waals surface area contributed by atoms with Crippen molar-refractivity contribution >= 4 is 0 Å². The first kappa shape index (κ1) is 12.7. The molecule has 1 aliphatic heterocycles. The zero-order valence-corrected chi connectivity index (χ0v) is 11.0. The molecule has 1 atom stereocenters. The molecule has 0 aliphatic carbocycles. The Morgan fingerprint density at radius 1 is 1.29 bits per heavy atom. The van der Waals surface area contributed by atoms with Crippen molar-refractivity contribution in [1.29, 1.82) is 0 Å². The molecule has 1 aromatic rings. The highest BCUT2D eigenvalue weighted by molar-refractivity contribution is 5.06. The van der Waals surface area contributed by atoms with Gasteiger partial charge in [-0.1, -0.05) is 6.92 Å². The molecular formula is C14H24N2O. The van der Waals surface area contributed by atoms with Gasteiger partial charge in [0.2, 0.25) is 0 Å². The Morgan fingerprint density at radius 3 is 2.65 bits per heavy atom. The second-order valence-electron chi connectivity index (χ2n) is 5.01. The van der Waals surface area contributed by atoms with E-state index in [4.69, 9.17) is 4.42 Å². The van der Waals surface area contributed by atoms with Gasteiger partial charge in [-0.3, -0.25) is 0 Å². The van der Waals surface area contributed by atoms with E-state index in [1.54, 1.807) is 0 Å². The van der Waals surface area contributed by atoms with Crippen molar-refractivity contribution in [3.63, 3.8) is 0 Å². The van der Waals surface area contributed by atoms with Crippen LogP contribution in [0.5, 0.6) is 0 Å². The van der Waals surface area contributed by atoms with Gasteiger partial charge in [0.05, 0.1) is 6.54 Å². The SMILES string of the molecule is CCc1ccc(CNC(C)CN2CCCC2)o1. The number of nitrogens with one attached hydrogen (secondary N) is 1. The lowest BCUT2D eigenvalue weighted by Crippen LogP contribution is -2.37. The van der Waals surface area contributed by atoms with Crippen molar-refractivity contribution in [2.45, 2.75) is 45.7 Å². The van der Waals surface area contributed by atoms with Crippen molar-refractivity contribution in [1.82, 2.24) is 10.2 Å². The Morgan fingerprint density at radius 2 is 2.00 bits per heavy atom. The molecule has 0 bridgehead atoms. The average Bonchev–Trinajstić information content (AvgIpc) is 2.96. The second-order valence-corrected chi connectivity index (χ2v) is 5.01. The minimum atomic E-state index is 0.531. The number of nitrogens with zero attached hydrogens (tertiary/aromatic N) is 1. The molecule has 96 valence electrons. The monoisotopic (exact) mass is 236 g/mol. The second kappa shape index (κ2) is 6.22. The van der Waals surface area contributed by atoms with Crippen LogP contribution in [0.25, 0.3) is 0 Å². The first-order valence-electron chi connectivity index (χ1n) is 6.81. The Kier molecular flexibility index (Phi) is 4.63. The molecule has 0 saturated carbocycles. The molecule has 1 aliphatic rings. The Balaban J connectivity index is 1.69. The molecule has 2 heterocycles. The summed E-state index contributed by atoms with van der Waals surface area (Å²) in [4.78, 5) is 2.54. The molecule has 3 nitrogen and oxygen atoms in total. The number of aryl methyl sites for hydroxylation is 1. The fraction of sp³-hybridized carbons (Fsp3) is 0.714. The summed E-state index contributed by atoms with van der Waals surface area (Å²) in [5, 5.41) is 3.53. The molecule has 0 spiro atoms. The van der Waals surface area contributed by atoms with Gasteiger partial charge in [-0.2, -0.15) is 0 Å². The van der Waals surface area contributed by atoms with Crippen LogP contribution in [0, 0.1) is 0 Å². The number of hydrogen-bond acceptors (Lipinski definition) is 3. The summed E-state index contributed by atoms with van der Waals surface area (Å²) < 4.78 is 5.68. The summed E-state index contributed by atoms with van der Waals surface area (Å²) in [6, 6.07) is 4.68. The number of rotatable bonds is 6. The lowest BCUT2D eigenvalue weighted by atomic mass is 10.3. The minimum absolute atomic E-state index is 0.531. The van der Waals surface area contributed by atoms with E-state index in [0.29, 0.717) is 6.04 Å². The Bertz CT molecular complexity index is 329. The topological polar surface area (TPSA) is 28.4 Å². The fourth-order valence-corrected chi connectivity index (χ4v) is 2.40. The average molecular weight is 236 g/mol. The predicted octanol–water partition coefficient (Wildman–Crippen LogP) is 2.42. The highest BCUT2D eigenvalue weighted by atomic mass is 16.3. The fourth-order valence-electron chi connectivity index (χ4n) is 2.40. The van der Waals surface area contributed by atoms with Crippen molar-refractivity contribution in [3.05, 3.63) is 23.7 Å². The molecule has 17 heavy (non-hydrogen) atoms. The largest absolute Gasteiger partial charge is 0.465 e. The van der Waals surface area contributed by atoms with Crippen LogP contribution in [0.4, 0.5) is 0 Å². The summed E-state index contributed by atoms with van der Waals surface area (Å²) in [5.41, 5.74) is 0. The third-order valence-corrected chi connectivity index (χ3v) is 3.42. The highest BCUT2D eigenvalue weighted by Gasteiger charge is 2.14. The Labute approximate surface area is 104 Å². The van der Waals surface area contributed by atoms with E-state index in [1.807, 2.05) is 0 Å². The maximum absolute atomic E-state index is 5.68. The van der Waals surface area contributed by atoms with Crippen LogP contribution < -0.4 is 5.32 Å². The van der Waals surface area contributed by atoms with Gasteiger partial charge < -0.3 is 14.6 Å². The van der Waals surface area contributed by atoms with Crippen LogP contribution in [0.3, 0.4) is 0 Å². The van der Waals surface area contributed by atoms with Gasteiger partial charge in [0.15, 0.2) is 0 Å². The van der Waals surface area contributed by atoms with E-state index in [9.17, 15) is 0 Å². The summed E-state index contributed by atoms with van der Waals surface area (Å²) in [6.07, 6.45) is 3.71. The molecule has 1 unspecified atom stereocenters. The van der Waals surface area contributed by atoms with E-state index in [-0.39, 0.29) is 0 Å². The number of furan rings is 1. The van der Waals surface area contributed by atoms with Crippen LogP contribution in [0.2, 0.25) is 0 Å². The van der Waals surface area contributed by atoms with Crippen molar-refractivity contribution in [3.8, 4) is 0 Å². The van der Waals surface area contributed by atoms with Gasteiger partial charge in [-0.15, -0.1) is 0 Å². The van der Waals surface area contributed by atoms with Gasteiger partial charge in [-0.05, 0) is 45.0 Å². The van der Waals surface area contributed by atoms with Gasteiger partial charge >= 0.3 is 0 Å². The lowest BCUT2D eigenvalue weighted by molar-refractivity contribution is 0.293. The molecule has 3 heteroatoms. The summed E-state index contributed by atoms with van der Waals surface area (Å²) in [6.45, 7) is 8.91. The van der Waals surface area contributed by atoms with Gasteiger partial charge in [-0.25, -0.2) is 0 Å². The molecule has 1 N–H and O–H groups in total. The predicted molar refractivity (Wildman–Crippen MR) is 70.1 cm³/mol. The molecule has 2 rings (SSSR count). The van der Waals surface area contributed by atoms with E-state index < -0.39 is 0 Å². The van der Waals surface area contributed by atoms with E-state index >= 15 is 0 Å². The maximum Gasteiger partial charge on any atom is 0.117 e. The molecule has 1 saturated heterocycles. The van der Waals surface area contributed by atoms with E-state index in [1.165, 1.54) is 25.9 Å². The zero-order chi connectivity index (χ0) is 12.1. The third kappa shape index (κ3) is 3.86. The molecule has 1 aromatic heterocycles. The van der Waals surface area contributed by atoms with Crippen molar-refractivity contribution < 1.29 is 4.42 Å². The van der Waals surface area contributed by atoms with Crippen LogP contribution in [0.15, 0.2) is 16.5 Å². The van der Waals surface area contributed by atoms with E-state index in [2.05, 4.69) is 36.2 Å². The summed E-state index contributed by atoms with van der Waals surface area (Å²) in [7, 11) is 0. The standard InChI is InChI=1S/C14H24N2O/c1-3-13-6-7-14(17-13)10-15-12(2)11-16-8-4-5-9-16/h6-7,12,15H,3-5,8-11H2,1-2H3. The molecule has 1 fully saturated rings. The van der Waals surface area contributed by atoms with Crippen LogP contribution in [-0.4, -0.2) is 30.6 Å². The smallest absolute Gasteiger partial charge is 0.117 e. The van der Waals surface area contributed by atoms with Gasteiger partial charge in [0.1, 0.15) is 11.5 Å². The van der Waals surface area contributed by atoms with Crippen molar-refractivity contribution in [2.24, 2.45) is 0 Å². The number of likely N-dealkylation sites (tertiary alicyclic amines) is 1. The van der Waals surface area contributed by atoms with Gasteiger partial charge in [0.25, 0.3) is 0 Å². The molecular weight excluding hydrogens is 212 g/mol. The molecule has 0 amide bonds. The van der Waals surface area contributed by atoms with Crippen LogP contribution in [-0.2, 0) is 13.0 Å². The quantitative estimate of drug-likeness (QED) is 0.822. The first-order valence-corrected chi connectivity index (χ1v) is 6.81. The van der Waals surface area contributed by atoms with Crippen LogP contribution >= 0.6 is 0 Å². The van der Waals surface area contributed by atoms with E-state index in [0.717, 1.165) is 31.0 Å². The number of hydrogen-bond donors (Lipinski definition) is 1. The Hall–Kier alpha value is -0.800. The normalized spacial score (nSPS) is 18.7.